The van der Waals surface area contributed by atoms with Crippen molar-refractivity contribution in [2.24, 2.45) is 5.73 Å². The summed E-state index contributed by atoms with van der Waals surface area (Å²) in [6, 6.07) is 16.9. The van der Waals surface area contributed by atoms with Crippen LogP contribution in [0.1, 0.15) is 5.56 Å². The molecule has 7 nitrogen and oxygen atoms in total. The van der Waals surface area contributed by atoms with Gasteiger partial charge in [-0.05, 0) is 30.3 Å². The maximum Gasteiger partial charge on any atom is 0.245 e. The number of anilines is 3. The zero-order valence-corrected chi connectivity index (χ0v) is 15.8. The molecule has 3 aliphatic heterocycles. The number of benzene rings is 2. The van der Waals surface area contributed by atoms with Crippen molar-refractivity contribution < 1.29 is 4.79 Å². The summed E-state index contributed by atoms with van der Waals surface area (Å²) in [4.78, 5) is 14.9. The highest BCUT2D eigenvalue weighted by Gasteiger charge is 2.59. The molecule has 5 rings (SSSR count). The van der Waals surface area contributed by atoms with Gasteiger partial charge in [0.05, 0.1) is 22.5 Å². The molecular formula is C20H11BrN6O. The van der Waals surface area contributed by atoms with Crippen LogP contribution >= 0.6 is 15.9 Å². The lowest BCUT2D eigenvalue weighted by Crippen LogP contribution is -2.47. The van der Waals surface area contributed by atoms with Crippen molar-refractivity contribution >= 4 is 38.9 Å². The fourth-order valence-corrected chi connectivity index (χ4v) is 4.52. The Bertz CT molecular complexity index is 1250. The Balaban J connectivity index is 1.91. The number of nitrogens with zero attached hydrogens (tertiary/aromatic N) is 3. The summed E-state index contributed by atoms with van der Waals surface area (Å²) in [6.45, 7) is 0. The van der Waals surface area contributed by atoms with Gasteiger partial charge in [0.2, 0.25) is 5.91 Å². The predicted molar refractivity (Wildman–Crippen MR) is 106 cm³/mol. The minimum atomic E-state index is -1.60. The van der Waals surface area contributed by atoms with Crippen LogP contribution in [0.15, 0.2) is 69.7 Å². The number of nitrogens with one attached hydrogen (secondary N) is 2. The summed E-state index contributed by atoms with van der Waals surface area (Å²) in [7, 11) is 0. The zero-order valence-electron chi connectivity index (χ0n) is 14.2. The number of nitrogens with two attached hydrogens (primary N) is 1. The predicted octanol–water partition coefficient (Wildman–Crippen LogP) is 3.01. The van der Waals surface area contributed by atoms with Crippen LogP contribution < -0.4 is 21.3 Å². The number of halogens is 1. The van der Waals surface area contributed by atoms with E-state index in [0.717, 1.165) is 15.8 Å². The SMILES string of the molecule is N#CC1=C(N)N2C(=C(C#N)C13C(=O)Nc1ccc(Br)cc13)Nc1ccccc12. The zero-order chi connectivity index (χ0) is 19.6. The highest BCUT2D eigenvalue weighted by atomic mass is 79.9. The molecule has 0 radical (unpaired) electrons. The molecule has 0 bridgehead atoms. The van der Waals surface area contributed by atoms with Crippen molar-refractivity contribution in [2.45, 2.75) is 5.41 Å². The quantitative estimate of drug-likeness (QED) is 0.590. The Morgan fingerprint density at radius 1 is 1.04 bits per heavy atom. The Morgan fingerprint density at radius 3 is 2.54 bits per heavy atom. The molecule has 134 valence electrons. The monoisotopic (exact) mass is 430 g/mol. The van der Waals surface area contributed by atoms with E-state index in [1.54, 1.807) is 23.1 Å². The summed E-state index contributed by atoms with van der Waals surface area (Å²) in [5, 5.41) is 26.1. The first-order valence-corrected chi connectivity index (χ1v) is 9.16. The third kappa shape index (κ3) is 1.73. The second-order valence-corrected chi connectivity index (χ2v) is 7.49. The molecular weight excluding hydrogens is 420 g/mol. The number of nitriles is 2. The molecule has 0 saturated heterocycles. The van der Waals surface area contributed by atoms with Gasteiger partial charge in [0.15, 0.2) is 5.41 Å². The summed E-state index contributed by atoms with van der Waals surface area (Å²) < 4.78 is 0.727. The van der Waals surface area contributed by atoms with Gasteiger partial charge in [-0.15, -0.1) is 0 Å². The normalized spacial score (nSPS) is 21.5. The number of hydrogen-bond acceptors (Lipinski definition) is 6. The first kappa shape index (κ1) is 16.4. The van der Waals surface area contributed by atoms with Gasteiger partial charge in [-0.25, -0.2) is 0 Å². The van der Waals surface area contributed by atoms with E-state index < -0.39 is 11.3 Å². The maximum absolute atomic E-state index is 13.3. The maximum atomic E-state index is 13.3. The van der Waals surface area contributed by atoms with E-state index in [-0.39, 0.29) is 17.0 Å². The average molecular weight is 431 g/mol. The molecule has 2 aromatic rings. The number of rotatable bonds is 0. The summed E-state index contributed by atoms with van der Waals surface area (Å²) >= 11 is 3.42. The number of amides is 1. The van der Waals surface area contributed by atoms with Crippen molar-refractivity contribution in [3.63, 3.8) is 0 Å². The molecule has 8 heteroatoms. The van der Waals surface area contributed by atoms with E-state index in [0.29, 0.717) is 17.1 Å². The van der Waals surface area contributed by atoms with Crippen molar-refractivity contribution in [3.05, 3.63) is 75.3 Å². The Hall–Kier alpha value is -3.75. The largest absolute Gasteiger partial charge is 0.384 e. The van der Waals surface area contributed by atoms with E-state index in [1.165, 1.54) is 0 Å². The second-order valence-electron chi connectivity index (χ2n) is 6.58. The number of fused-ring (bicyclic) bond motifs is 5. The Morgan fingerprint density at radius 2 is 1.79 bits per heavy atom. The van der Waals surface area contributed by atoms with E-state index in [9.17, 15) is 15.3 Å². The minimum Gasteiger partial charge on any atom is -0.384 e. The fraction of sp³-hybridized carbons (Fsp3) is 0.0500. The van der Waals surface area contributed by atoms with Gasteiger partial charge in [0, 0.05) is 15.7 Å². The smallest absolute Gasteiger partial charge is 0.245 e. The van der Waals surface area contributed by atoms with Gasteiger partial charge in [-0.1, -0.05) is 28.1 Å². The number of hydrogen-bond donors (Lipinski definition) is 3. The number of para-hydroxylation sites is 2. The molecule has 3 heterocycles. The first-order chi connectivity index (χ1) is 13.5. The molecule has 0 fully saturated rings. The average Bonchev–Trinajstić information content (AvgIpc) is 3.20. The highest BCUT2D eigenvalue weighted by molar-refractivity contribution is 9.10. The van der Waals surface area contributed by atoms with Gasteiger partial charge < -0.3 is 16.4 Å². The Labute approximate surface area is 168 Å². The van der Waals surface area contributed by atoms with Crippen molar-refractivity contribution in [1.82, 2.24) is 0 Å². The van der Waals surface area contributed by atoms with Crippen molar-refractivity contribution in [3.8, 4) is 12.1 Å². The standard InChI is InChI=1S/C20H11BrN6O/c21-10-5-6-14-11(7-10)20(19(28)26-14)12(8-22)17(24)27-16-4-2-1-3-15(16)25-18(27)13(20)9-23/h1-7,25H,24H2,(H,26,28). The molecule has 0 aliphatic carbocycles. The third-order valence-corrected chi connectivity index (χ3v) is 5.80. The minimum absolute atomic E-state index is 0.0284. The number of carbonyl (C=O) groups is 1. The van der Waals surface area contributed by atoms with Gasteiger partial charge in [-0.3, -0.25) is 9.69 Å². The molecule has 2 aromatic carbocycles. The summed E-state index contributed by atoms with van der Waals surface area (Å²) in [6.07, 6.45) is 0. The second kappa shape index (κ2) is 5.38. The molecule has 28 heavy (non-hydrogen) atoms. The highest BCUT2D eigenvalue weighted by Crippen LogP contribution is 2.55. The van der Waals surface area contributed by atoms with Gasteiger partial charge in [-0.2, -0.15) is 10.5 Å². The van der Waals surface area contributed by atoms with Crippen LogP contribution in [0.4, 0.5) is 17.1 Å². The van der Waals surface area contributed by atoms with Gasteiger partial charge in [0.25, 0.3) is 0 Å². The molecule has 4 N–H and O–H groups in total. The van der Waals surface area contributed by atoms with Gasteiger partial charge in [0.1, 0.15) is 23.8 Å². The van der Waals surface area contributed by atoms with E-state index in [1.807, 2.05) is 24.3 Å². The van der Waals surface area contributed by atoms with Crippen LogP contribution in [0.2, 0.25) is 0 Å². The fourth-order valence-electron chi connectivity index (χ4n) is 4.16. The van der Waals surface area contributed by atoms with Crippen LogP contribution in [-0.2, 0) is 10.2 Å². The molecule has 0 saturated carbocycles. The lowest BCUT2D eigenvalue weighted by molar-refractivity contribution is -0.118. The summed E-state index contributed by atoms with van der Waals surface area (Å²) in [5.74, 6) is 0.0432. The third-order valence-electron chi connectivity index (χ3n) is 5.30. The van der Waals surface area contributed by atoms with E-state index in [4.69, 9.17) is 5.73 Å². The van der Waals surface area contributed by atoms with Crippen LogP contribution in [0.25, 0.3) is 0 Å². The molecule has 1 spiro atoms. The van der Waals surface area contributed by atoms with Gasteiger partial charge >= 0.3 is 0 Å². The molecule has 1 unspecified atom stereocenters. The van der Waals surface area contributed by atoms with Crippen LogP contribution in [0.3, 0.4) is 0 Å². The van der Waals surface area contributed by atoms with E-state index in [2.05, 4.69) is 38.7 Å². The number of carbonyl (C=O) groups excluding carboxylic acids is 1. The van der Waals surface area contributed by atoms with E-state index >= 15 is 0 Å². The van der Waals surface area contributed by atoms with Crippen LogP contribution in [-0.4, -0.2) is 5.91 Å². The molecule has 0 aromatic heterocycles. The van der Waals surface area contributed by atoms with Crippen LogP contribution in [0, 0.1) is 22.7 Å². The molecule has 1 amide bonds. The van der Waals surface area contributed by atoms with Crippen LogP contribution in [0.5, 0.6) is 0 Å². The molecule has 1 atom stereocenters. The Kier molecular flexibility index (Phi) is 3.16. The molecule has 3 aliphatic rings. The first-order valence-electron chi connectivity index (χ1n) is 8.37. The summed E-state index contributed by atoms with van der Waals surface area (Å²) in [5.41, 5.74) is 7.51. The van der Waals surface area contributed by atoms with Crippen molar-refractivity contribution in [1.29, 1.82) is 10.5 Å². The van der Waals surface area contributed by atoms with Crippen molar-refractivity contribution in [2.75, 3.05) is 15.5 Å². The lowest BCUT2D eigenvalue weighted by Gasteiger charge is -2.36. The lowest BCUT2D eigenvalue weighted by atomic mass is 9.68. The topological polar surface area (TPSA) is 118 Å².